The molecule has 1 rings (SSSR count). The smallest absolute Gasteiger partial charge is 0.0644 e. The van der Waals surface area contributed by atoms with E-state index in [1.807, 2.05) is 0 Å². The van der Waals surface area contributed by atoms with Crippen molar-refractivity contribution in [2.45, 2.75) is 6.04 Å². The van der Waals surface area contributed by atoms with Crippen LogP contribution in [0.15, 0.2) is 0 Å². The van der Waals surface area contributed by atoms with Crippen LogP contribution in [0.1, 0.15) is 0 Å². The lowest BCUT2D eigenvalue weighted by Crippen LogP contribution is -2.44. The van der Waals surface area contributed by atoms with Crippen LogP contribution in [-0.2, 0) is 4.74 Å². The topological polar surface area (TPSA) is 12.5 Å². The molecule has 0 aromatic heterocycles. The zero-order valence-electron chi connectivity index (χ0n) is 4.85. The number of hydrogen-bond acceptors (Lipinski definition) is 2. The summed E-state index contributed by atoms with van der Waals surface area (Å²) in [5.74, 6) is 0. The molecule has 1 aliphatic rings. The van der Waals surface area contributed by atoms with Gasteiger partial charge in [0.25, 0.3) is 0 Å². The van der Waals surface area contributed by atoms with Gasteiger partial charge in [-0.1, -0.05) is 0 Å². The monoisotopic (exact) mass is 101 g/mol. The van der Waals surface area contributed by atoms with Gasteiger partial charge in [-0.05, 0) is 14.1 Å². The molecule has 42 valence electrons. The van der Waals surface area contributed by atoms with E-state index >= 15 is 0 Å². The van der Waals surface area contributed by atoms with E-state index in [1.54, 1.807) is 0 Å². The third-order valence-corrected chi connectivity index (χ3v) is 1.35. The van der Waals surface area contributed by atoms with E-state index in [0.717, 1.165) is 13.2 Å². The maximum absolute atomic E-state index is 4.95. The summed E-state index contributed by atoms with van der Waals surface area (Å²) in [6.45, 7) is 1.85. The van der Waals surface area contributed by atoms with E-state index in [2.05, 4.69) is 19.0 Å². The van der Waals surface area contributed by atoms with Crippen molar-refractivity contribution in [2.24, 2.45) is 0 Å². The zero-order chi connectivity index (χ0) is 5.28. The quantitative estimate of drug-likeness (QED) is 0.459. The van der Waals surface area contributed by atoms with Gasteiger partial charge in [0.1, 0.15) is 0 Å². The number of rotatable bonds is 1. The van der Waals surface area contributed by atoms with Crippen LogP contribution in [0.3, 0.4) is 0 Å². The highest BCUT2D eigenvalue weighted by atomic mass is 16.5. The first-order valence-electron chi connectivity index (χ1n) is 2.55. The maximum atomic E-state index is 4.95. The van der Waals surface area contributed by atoms with E-state index in [9.17, 15) is 0 Å². The fraction of sp³-hybridized carbons (Fsp3) is 1.00. The largest absolute Gasteiger partial charge is 0.378 e. The Kier molecular flexibility index (Phi) is 1.30. The molecule has 1 aliphatic heterocycles. The Balaban J connectivity index is 2.14. The fourth-order valence-electron chi connectivity index (χ4n) is 0.521. The number of likely N-dealkylation sites (N-methyl/N-ethyl adjacent to an activating group) is 1. The van der Waals surface area contributed by atoms with Crippen molar-refractivity contribution in [2.75, 3.05) is 27.3 Å². The van der Waals surface area contributed by atoms with E-state index in [0.29, 0.717) is 6.04 Å². The second-order valence-electron chi connectivity index (χ2n) is 2.15. The highest BCUT2D eigenvalue weighted by Crippen LogP contribution is 2.04. The highest BCUT2D eigenvalue weighted by Gasteiger charge is 2.19. The SMILES string of the molecule is CN(C)C1COC1. The Morgan fingerprint density at radius 1 is 1.43 bits per heavy atom. The first kappa shape index (κ1) is 5.06. The average molecular weight is 101 g/mol. The molecule has 2 heteroatoms. The van der Waals surface area contributed by atoms with Crippen LogP contribution in [0.25, 0.3) is 0 Å². The highest BCUT2D eigenvalue weighted by molar-refractivity contribution is 4.71. The molecule has 0 atom stereocenters. The second-order valence-corrected chi connectivity index (χ2v) is 2.15. The lowest BCUT2D eigenvalue weighted by atomic mass is 10.2. The maximum Gasteiger partial charge on any atom is 0.0644 e. The molecule has 0 amide bonds. The van der Waals surface area contributed by atoms with Gasteiger partial charge < -0.3 is 9.64 Å². The minimum absolute atomic E-state index is 0.694. The first-order valence-corrected chi connectivity index (χ1v) is 2.55. The number of hydrogen-bond donors (Lipinski definition) is 0. The van der Waals surface area contributed by atoms with Gasteiger partial charge in [-0.3, -0.25) is 0 Å². The zero-order valence-corrected chi connectivity index (χ0v) is 4.85. The van der Waals surface area contributed by atoms with Gasteiger partial charge in [-0.15, -0.1) is 0 Å². The van der Waals surface area contributed by atoms with Crippen LogP contribution in [0.2, 0.25) is 0 Å². The summed E-state index contributed by atoms with van der Waals surface area (Å²) in [6, 6.07) is 0.694. The van der Waals surface area contributed by atoms with Crippen molar-refractivity contribution < 1.29 is 4.74 Å². The van der Waals surface area contributed by atoms with Crippen molar-refractivity contribution in [3.63, 3.8) is 0 Å². The van der Waals surface area contributed by atoms with Gasteiger partial charge in [0.15, 0.2) is 0 Å². The third kappa shape index (κ3) is 0.924. The van der Waals surface area contributed by atoms with Crippen molar-refractivity contribution in [3.8, 4) is 0 Å². The van der Waals surface area contributed by atoms with Crippen LogP contribution in [0.4, 0.5) is 0 Å². The first-order chi connectivity index (χ1) is 3.30. The molecule has 2 nitrogen and oxygen atoms in total. The average Bonchev–Trinajstić information content (AvgIpc) is 1.23. The summed E-state index contributed by atoms with van der Waals surface area (Å²) in [6.07, 6.45) is 0. The van der Waals surface area contributed by atoms with Crippen LogP contribution < -0.4 is 0 Å². The molecule has 1 saturated heterocycles. The minimum Gasteiger partial charge on any atom is -0.378 e. The van der Waals surface area contributed by atoms with Crippen molar-refractivity contribution in [1.29, 1.82) is 0 Å². The molecule has 1 fully saturated rings. The molecular formula is C5H11NO. The van der Waals surface area contributed by atoms with Crippen molar-refractivity contribution >= 4 is 0 Å². The van der Waals surface area contributed by atoms with E-state index < -0.39 is 0 Å². The molecular weight excluding hydrogens is 90.1 g/mol. The lowest BCUT2D eigenvalue weighted by molar-refractivity contribution is -0.0477. The molecule has 0 aromatic carbocycles. The molecule has 0 unspecified atom stereocenters. The molecule has 0 bridgehead atoms. The molecule has 0 aliphatic carbocycles. The molecule has 7 heavy (non-hydrogen) atoms. The summed E-state index contributed by atoms with van der Waals surface area (Å²) in [5.41, 5.74) is 0. The second kappa shape index (κ2) is 1.80. The molecule has 0 radical (unpaired) electrons. The van der Waals surface area contributed by atoms with Gasteiger partial charge in [0.2, 0.25) is 0 Å². The summed E-state index contributed by atoms with van der Waals surface area (Å²) >= 11 is 0. The minimum atomic E-state index is 0.694. The van der Waals surface area contributed by atoms with Gasteiger partial charge >= 0.3 is 0 Å². The molecule has 1 heterocycles. The Morgan fingerprint density at radius 2 is 2.00 bits per heavy atom. The van der Waals surface area contributed by atoms with E-state index in [-0.39, 0.29) is 0 Å². The Labute approximate surface area is 44.1 Å². The van der Waals surface area contributed by atoms with Crippen molar-refractivity contribution in [1.82, 2.24) is 4.90 Å². The summed E-state index contributed by atoms with van der Waals surface area (Å²) < 4.78 is 4.95. The van der Waals surface area contributed by atoms with Gasteiger partial charge in [-0.25, -0.2) is 0 Å². The summed E-state index contributed by atoms with van der Waals surface area (Å²) in [7, 11) is 4.15. The molecule has 0 aromatic rings. The third-order valence-electron chi connectivity index (χ3n) is 1.35. The van der Waals surface area contributed by atoms with Crippen LogP contribution in [-0.4, -0.2) is 38.3 Å². The molecule has 0 spiro atoms. The van der Waals surface area contributed by atoms with E-state index in [1.165, 1.54) is 0 Å². The Morgan fingerprint density at radius 3 is 2.00 bits per heavy atom. The van der Waals surface area contributed by atoms with E-state index in [4.69, 9.17) is 4.74 Å². The normalized spacial score (nSPS) is 22.7. The standard InChI is InChI=1S/C5H11NO/c1-6(2)5-3-7-4-5/h5H,3-4H2,1-2H3. The number of nitrogens with zero attached hydrogens (tertiary/aromatic N) is 1. The van der Waals surface area contributed by atoms with Gasteiger partial charge in [0, 0.05) is 0 Å². The predicted octanol–water partition coefficient (Wildman–Crippen LogP) is -0.0532. The fourth-order valence-corrected chi connectivity index (χ4v) is 0.521. The predicted molar refractivity (Wildman–Crippen MR) is 28.3 cm³/mol. The lowest BCUT2D eigenvalue weighted by Gasteiger charge is -2.31. The summed E-state index contributed by atoms with van der Waals surface area (Å²) in [5, 5.41) is 0. The Hall–Kier alpha value is -0.0800. The van der Waals surface area contributed by atoms with Crippen LogP contribution in [0.5, 0.6) is 0 Å². The number of ether oxygens (including phenoxy) is 1. The van der Waals surface area contributed by atoms with Gasteiger partial charge in [0.05, 0.1) is 19.3 Å². The van der Waals surface area contributed by atoms with Crippen LogP contribution in [0, 0.1) is 0 Å². The van der Waals surface area contributed by atoms with Crippen LogP contribution >= 0.6 is 0 Å². The van der Waals surface area contributed by atoms with Gasteiger partial charge in [-0.2, -0.15) is 0 Å². The molecule has 0 N–H and O–H groups in total. The molecule has 0 saturated carbocycles. The summed E-state index contributed by atoms with van der Waals surface area (Å²) in [4.78, 5) is 2.18. The van der Waals surface area contributed by atoms with Crippen molar-refractivity contribution in [3.05, 3.63) is 0 Å². The Bertz CT molecular complexity index is 59.1.